The monoisotopic (exact) mass is 272 g/mol. The van der Waals surface area contributed by atoms with Crippen molar-refractivity contribution >= 4 is 12.0 Å². The van der Waals surface area contributed by atoms with Crippen LogP contribution in [0.1, 0.15) is 33.1 Å². The molecule has 0 bridgehead atoms. The average molecular weight is 272 g/mol. The van der Waals surface area contributed by atoms with Crippen molar-refractivity contribution in [3.8, 4) is 0 Å². The van der Waals surface area contributed by atoms with Crippen molar-refractivity contribution in [3.63, 3.8) is 0 Å². The first kappa shape index (κ1) is 15.8. The molecule has 6 heteroatoms. The van der Waals surface area contributed by atoms with E-state index in [0.717, 1.165) is 6.42 Å². The quantitative estimate of drug-likeness (QED) is 0.791. The van der Waals surface area contributed by atoms with Gasteiger partial charge in [0, 0.05) is 39.6 Å². The highest BCUT2D eigenvalue weighted by Crippen LogP contribution is 2.21. The molecule has 6 nitrogen and oxygen atoms in total. The van der Waals surface area contributed by atoms with Gasteiger partial charge in [-0.2, -0.15) is 0 Å². The summed E-state index contributed by atoms with van der Waals surface area (Å²) in [6.07, 6.45) is 1.60. The van der Waals surface area contributed by atoms with Crippen LogP contribution in [0.3, 0.4) is 0 Å². The van der Waals surface area contributed by atoms with Crippen molar-refractivity contribution in [1.29, 1.82) is 0 Å². The average Bonchev–Trinajstić information content (AvgIpc) is 2.39. The fourth-order valence-corrected chi connectivity index (χ4v) is 2.09. The molecule has 0 aliphatic carbocycles. The van der Waals surface area contributed by atoms with Crippen LogP contribution in [0.25, 0.3) is 0 Å². The van der Waals surface area contributed by atoms with Crippen LogP contribution in [-0.4, -0.2) is 54.4 Å². The predicted molar refractivity (Wildman–Crippen MR) is 71.0 cm³/mol. The fourth-order valence-electron chi connectivity index (χ4n) is 2.09. The van der Waals surface area contributed by atoms with Crippen LogP contribution >= 0.6 is 0 Å². The number of rotatable bonds is 5. The Bertz CT molecular complexity index is 327. The number of aliphatic carboxylic acids is 1. The van der Waals surface area contributed by atoms with Crippen LogP contribution in [-0.2, 0) is 9.53 Å². The highest BCUT2D eigenvalue weighted by atomic mass is 16.5. The Hall–Kier alpha value is -1.30. The Labute approximate surface area is 114 Å². The number of carboxylic acids is 1. The predicted octanol–water partition coefficient (Wildman–Crippen LogP) is 1.31. The molecule has 0 radical (unpaired) electrons. The van der Waals surface area contributed by atoms with Crippen molar-refractivity contribution in [1.82, 2.24) is 10.2 Å². The largest absolute Gasteiger partial charge is 0.480 e. The number of hydrogen-bond donors (Lipinski definition) is 2. The summed E-state index contributed by atoms with van der Waals surface area (Å²) in [7, 11) is 1.69. The minimum atomic E-state index is -1.18. The highest BCUT2D eigenvalue weighted by molar-refractivity contribution is 5.86. The zero-order valence-corrected chi connectivity index (χ0v) is 11.9. The van der Waals surface area contributed by atoms with Gasteiger partial charge in [0.15, 0.2) is 0 Å². The smallest absolute Gasteiger partial charge is 0.329 e. The Morgan fingerprint density at radius 2 is 2.00 bits per heavy atom. The second-order valence-electron chi connectivity index (χ2n) is 5.32. The van der Waals surface area contributed by atoms with Crippen molar-refractivity contribution in [2.24, 2.45) is 5.92 Å². The van der Waals surface area contributed by atoms with Gasteiger partial charge in [-0.05, 0) is 5.92 Å². The number of carbonyl (C=O) groups is 2. The molecule has 1 aliphatic rings. The lowest BCUT2D eigenvalue weighted by Crippen LogP contribution is -2.60. The zero-order valence-electron chi connectivity index (χ0n) is 11.9. The van der Waals surface area contributed by atoms with Gasteiger partial charge in [-0.15, -0.1) is 0 Å². The molecule has 1 saturated heterocycles. The van der Waals surface area contributed by atoms with Crippen LogP contribution in [0.2, 0.25) is 0 Å². The van der Waals surface area contributed by atoms with Crippen LogP contribution in [0, 0.1) is 5.92 Å². The SMILES string of the molecule is CCC(C)CN(C)C(=O)NC1(C(=O)O)CCOCC1. The molecule has 0 aromatic carbocycles. The van der Waals surface area contributed by atoms with E-state index in [1.54, 1.807) is 11.9 Å². The highest BCUT2D eigenvalue weighted by Gasteiger charge is 2.42. The Balaban J connectivity index is 2.63. The molecule has 1 heterocycles. The molecule has 1 atom stereocenters. The summed E-state index contributed by atoms with van der Waals surface area (Å²) in [6.45, 7) is 5.47. The summed E-state index contributed by atoms with van der Waals surface area (Å²) in [5, 5.41) is 12.0. The summed E-state index contributed by atoms with van der Waals surface area (Å²) < 4.78 is 5.17. The molecule has 1 rings (SSSR count). The fraction of sp³-hybridized carbons (Fsp3) is 0.846. The van der Waals surface area contributed by atoms with E-state index in [1.165, 1.54) is 0 Å². The first-order chi connectivity index (χ1) is 8.91. The maximum atomic E-state index is 12.1. The Morgan fingerprint density at radius 1 is 1.42 bits per heavy atom. The lowest BCUT2D eigenvalue weighted by atomic mass is 9.90. The van der Waals surface area contributed by atoms with Gasteiger partial charge in [-0.1, -0.05) is 20.3 Å². The molecule has 19 heavy (non-hydrogen) atoms. The van der Waals surface area contributed by atoms with E-state index in [4.69, 9.17) is 4.74 Å². The van der Waals surface area contributed by atoms with Crippen molar-refractivity contribution in [2.45, 2.75) is 38.6 Å². The summed E-state index contributed by atoms with van der Waals surface area (Å²) >= 11 is 0. The van der Waals surface area contributed by atoms with Crippen molar-refractivity contribution in [2.75, 3.05) is 26.8 Å². The van der Waals surface area contributed by atoms with E-state index in [-0.39, 0.29) is 6.03 Å². The topological polar surface area (TPSA) is 78.9 Å². The summed E-state index contributed by atoms with van der Waals surface area (Å²) in [5.74, 6) is -0.590. The molecular weight excluding hydrogens is 248 g/mol. The number of hydrogen-bond acceptors (Lipinski definition) is 3. The third kappa shape index (κ3) is 4.09. The van der Waals surface area contributed by atoms with Gasteiger partial charge in [0.25, 0.3) is 0 Å². The molecule has 2 amide bonds. The molecule has 1 unspecified atom stereocenters. The van der Waals surface area contributed by atoms with E-state index in [9.17, 15) is 14.7 Å². The number of amides is 2. The number of nitrogens with zero attached hydrogens (tertiary/aromatic N) is 1. The van der Waals surface area contributed by atoms with E-state index in [2.05, 4.69) is 19.2 Å². The third-order valence-electron chi connectivity index (χ3n) is 3.73. The third-order valence-corrected chi connectivity index (χ3v) is 3.73. The van der Waals surface area contributed by atoms with Crippen LogP contribution < -0.4 is 5.32 Å². The molecular formula is C13H24N2O4. The van der Waals surface area contributed by atoms with Gasteiger partial charge >= 0.3 is 12.0 Å². The lowest BCUT2D eigenvalue weighted by molar-refractivity contribution is -0.148. The summed E-state index contributed by atoms with van der Waals surface area (Å²) in [5.41, 5.74) is -1.18. The van der Waals surface area contributed by atoms with E-state index < -0.39 is 11.5 Å². The molecule has 2 N–H and O–H groups in total. The number of nitrogens with one attached hydrogen (secondary N) is 1. The number of ether oxygens (including phenoxy) is 1. The minimum absolute atomic E-state index is 0.311. The first-order valence-electron chi connectivity index (χ1n) is 6.75. The molecule has 0 spiro atoms. The standard InChI is InChI=1S/C13H24N2O4/c1-4-10(2)9-15(3)12(18)14-13(11(16)17)5-7-19-8-6-13/h10H,4-9H2,1-3H3,(H,14,18)(H,16,17). The normalized spacial score (nSPS) is 19.5. The first-order valence-corrected chi connectivity index (χ1v) is 6.75. The van der Waals surface area contributed by atoms with Gasteiger partial charge in [0.1, 0.15) is 5.54 Å². The zero-order chi connectivity index (χ0) is 14.5. The van der Waals surface area contributed by atoms with Gasteiger partial charge in [-0.3, -0.25) is 0 Å². The van der Waals surface area contributed by atoms with Gasteiger partial charge in [0.2, 0.25) is 0 Å². The van der Waals surface area contributed by atoms with Crippen LogP contribution in [0.4, 0.5) is 4.79 Å². The maximum absolute atomic E-state index is 12.1. The molecule has 1 aliphatic heterocycles. The number of urea groups is 1. The Kier molecular flexibility index (Phi) is 5.60. The molecule has 110 valence electrons. The van der Waals surface area contributed by atoms with E-state index in [1.807, 2.05) is 0 Å². The second kappa shape index (κ2) is 6.75. The van der Waals surface area contributed by atoms with Crippen LogP contribution in [0.15, 0.2) is 0 Å². The molecule has 0 saturated carbocycles. The molecule has 0 aromatic heterocycles. The summed E-state index contributed by atoms with van der Waals surface area (Å²) in [4.78, 5) is 25.1. The molecule has 1 fully saturated rings. The van der Waals surface area contributed by atoms with Crippen molar-refractivity contribution < 1.29 is 19.4 Å². The second-order valence-corrected chi connectivity index (χ2v) is 5.32. The van der Waals surface area contributed by atoms with E-state index >= 15 is 0 Å². The Morgan fingerprint density at radius 3 is 2.47 bits per heavy atom. The lowest BCUT2D eigenvalue weighted by Gasteiger charge is -2.35. The van der Waals surface area contributed by atoms with Gasteiger partial charge < -0.3 is 20.1 Å². The number of carbonyl (C=O) groups excluding carboxylic acids is 1. The van der Waals surface area contributed by atoms with Gasteiger partial charge in [0.05, 0.1) is 0 Å². The minimum Gasteiger partial charge on any atom is -0.480 e. The maximum Gasteiger partial charge on any atom is 0.329 e. The molecule has 0 aromatic rings. The van der Waals surface area contributed by atoms with E-state index in [0.29, 0.717) is 38.5 Å². The van der Waals surface area contributed by atoms with Crippen LogP contribution in [0.5, 0.6) is 0 Å². The number of carboxylic acid groups (broad SMARTS) is 1. The summed E-state index contributed by atoms with van der Waals surface area (Å²) in [6, 6.07) is -0.329. The van der Waals surface area contributed by atoms with Crippen molar-refractivity contribution in [3.05, 3.63) is 0 Å². The van der Waals surface area contributed by atoms with Gasteiger partial charge in [-0.25, -0.2) is 9.59 Å².